The van der Waals surface area contributed by atoms with Gasteiger partial charge in [-0.2, -0.15) is 0 Å². The van der Waals surface area contributed by atoms with Gasteiger partial charge in [-0.3, -0.25) is 14.5 Å². The molecule has 5 heteroatoms. The van der Waals surface area contributed by atoms with E-state index in [1.807, 2.05) is 6.92 Å². The molecule has 3 N–H and O–H groups in total. The first-order valence-electron chi connectivity index (χ1n) is 4.28. The summed E-state index contributed by atoms with van der Waals surface area (Å²) >= 11 is 0. The van der Waals surface area contributed by atoms with Gasteiger partial charge in [0.15, 0.2) is 0 Å². The third kappa shape index (κ3) is 7.27. The van der Waals surface area contributed by atoms with Crippen molar-refractivity contribution in [1.82, 2.24) is 4.90 Å². The topological polar surface area (TPSA) is 83.6 Å². The van der Waals surface area contributed by atoms with Crippen LogP contribution in [0.25, 0.3) is 0 Å². The van der Waals surface area contributed by atoms with Crippen molar-refractivity contribution in [3.8, 4) is 0 Å². The molecule has 0 aromatic heterocycles. The van der Waals surface area contributed by atoms with Crippen LogP contribution >= 0.6 is 0 Å². The first kappa shape index (κ1) is 11.9. The fourth-order valence-electron chi connectivity index (χ4n) is 1.05. The van der Waals surface area contributed by atoms with E-state index < -0.39 is 11.9 Å². The van der Waals surface area contributed by atoms with E-state index in [2.05, 4.69) is 0 Å². The number of carbonyl (C=O) groups is 2. The van der Waals surface area contributed by atoms with Crippen molar-refractivity contribution in [2.45, 2.75) is 19.8 Å². The van der Waals surface area contributed by atoms with Crippen LogP contribution in [-0.4, -0.2) is 41.5 Å². The molecule has 0 aromatic rings. The number of carboxylic acid groups (broad SMARTS) is 1. The number of aliphatic carboxylic acids is 1. The van der Waals surface area contributed by atoms with E-state index in [0.29, 0.717) is 13.1 Å². The molecule has 13 heavy (non-hydrogen) atoms. The van der Waals surface area contributed by atoms with E-state index in [4.69, 9.17) is 10.8 Å². The van der Waals surface area contributed by atoms with E-state index in [0.717, 1.165) is 6.42 Å². The smallest absolute Gasteiger partial charge is 0.317 e. The Morgan fingerprint density at radius 3 is 2.38 bits per heavy atom. The highest BCUT2D eigenvalue weighted by Crippen LogP contribution is 1.93. The number of nitrogens with zero attached hydrogens (tertiary/aromatic N) is 1. The van der Waals surface area contributed by atoms with E-state index in [9.17, 15) is 9.59 Å². The Hall–Kier alpha value is -1.10. The predicted octanol–water partition coefficient (Wildman–Crippen LogP) is -0.342. The van der Waals surface area contributed by atoms with E-state index in [-0.39, 0.29) is 13.0 Å². The van der Waals surface area contributed by atoms with Crippen LogP contribution in [0.2, 0.25) is 0 Å². The van der Waals surface area contributed by atoms with E-state index in [1.165, 1.54) is 0 Å². The van der Waals surface area contributed by atoms with Crippen molar-refractivity contribution in [3.63, 3.8) is 0 Å². The molecular formula is C8H16N2O3. The van der Waals surface area contributed by atoms with Gasteiger partial charge in [0.25, 0.3) is 0 Å². The second kappa shape index (κ2) is 6.42. The van der Waals surface area contributed by atoms with Gasteiger partial charge in [0.1, 0.15) is 0 Å². The van der Waals surface area contributed by atoms with Gasteiger partial charge in [-0.1, -0.05) is 6.92 Å². The Morgan fingerprint density at radius 2 is 2.00 bits per heavy atom. The van der Waals surface area contributed by atoms with Gasteiger partial charge in [0.2, 0.25) is 5.91 Å². The van der Waals surface area contributed by atoms with Crippen LogP contribution in [0, 0.1) is 0 Å². The van der Waals surface area contributed by atoms with Crippen LogP contribution in [0.5, 0.6) is 0 Å². The number of primary amides is 1. The normalized spacial score (nSPS) is 10.3. The Morgan fingerprint density at radius 1 is 1.38 bits per heavy atom. The summed E-state index contributed by atoms with van der Waals surface area (Å²) in [5.41, 5.74) is 4.95. The maximum absolute atomic E-state index is 10.4. The molecule has 0 aromatic carbocycles. The van der Waals surface area contributed by atoms with Crippen molar-refractivity contribution in [1.29, 1.82) is 0 Å². The van der Waals surface area contributed by atoms with E-state index >= 15 is 0 Å². The Kier molecular flexibility index (Phi) is 5.88. The Bertz CT molecular complexity index is 182. The molecule has 0 atom stereocenters. The van der Waals surface area contributed by atoms with Gasteiger partial charge in [-0.15, -0.1) is 0 Å². The van der Waals surface area contributed by atoms with Gasteiger partial charge in [0.05, 0.1) is 6.54 Å². The summed E-state index contributed by atoms with van der Waals surface area (Å²) in [5, 5.41) is 8.52. The zero-order valence-corrected chi connectivity index (χ0v) is 7.82. The van der Waals surface area contributed by atoms with Gasteiger partial charge in [0, 0.05) is 13.0 Å². The Balaban J connectivity index is 3.79. The van der Waals surface area contributed by atoms with Crippen molar-refractivity contribution >= 4 is 11.9 Å². The summed E-state index contributed by atoms with van der Waals surface area (Å²) in [6.45, 7) is 3.04. The minimum atomic E-state index is -0.877. The molecule has 5 nitrogen and oxygen atoms in total. The summed E-state index contributed by atoms with van der Waals surface area (Å²) in [4.78, 5) is 22.5. The van der Waals surface area contributed by atoms with Gasteiger partial charge in [-0.25, -0.2) is 0 Å². The molecule has 0 aliphatic rings. The molecule has 0 radical (unpaired) electrons. The second-order valence-corrected chi connectivity index (χ2v) is 2.89. The highest BCUT2D eigenvalue weighted by molar-refractivity contribution is 5.74. The van der Waals surface area contributed by atoms with Crippen molar-refractivity contribution in [2.75, 3.05) is 19.6 Å². The summed E-state index contributed by atoms with van der Waals surface area (Å²) in [7, 11) is 0. The molecule has 0 unspecified atom stereocenters. The number of hydrogen-bond donors (Lipinski definition) is 2. The molecule has 76 valence electrons. The van der Waals surface area contributed by atoms with Crippen molar-refractivity contribution in [3.05, 3.63) is 0 Å². The molecule has 0 bridgehead atoms. The molecule has 0 aliphatic heterocycles. The third-order valence-corrected chi connectivity index (χ3v) is 1.57. The average molecular weight is 188 g/mol. The highest BCUT2D eigenvalue weighted by Gasteiger charge is 2.08. The average Bonchev–Trinajstić information content (AvgIpc) is 1.99. The van der Waals surface area contributed by atoms with Gasteiger partial charge < -0.3 is 10.8 Å². The van der Waals surface area contributed by atoms with Crippen LogP contribution in [0.15, 0.2) is 0 Å². The molecule has 0 saturated heterocycles. The number of rotatable bonds is 7. The molecule has 0 aliphatic carbocycles. The van der Waals surface area contributed by atoms with Crippen LogP contribution in [0.3, 0.4) is 0 Å². The maximum atomic E-state index is 10.4. The van der Waals surface area contributed by atoms with Crippen LogP contribution < -0.4 is 5.73 Å². The first-order chi connectivity index (χ1) is 6.06. The highest BCUT2D eigenvalue weighted by atomic mass is 16.4. The number of amides is 1. The molecule has 0 rings (SSSR count). The number of carboxylic acids is 1. The summed E-state index contributed by atoms with van der Waals surface area (Å²) in [5.74, 6) is -1.27. The predicted molar refractivity (Wildman–Crippen MR) is 48.2 cm³/mol. The summed E-state index contributed by atoms with van der Waals surface area (Å²) in [6, 6.07) is 0. The van der Waals surface area contributed by atoms with Crippen LogP contribution in [0.1, 0.15) is 19.8 Å². The zero-order valence-electron chi connectivity index (χ0n) is 7.82. The van der Waals surface area contributed by atoms with E-state index in [1.54, 1.807) is 4.90 Å². The van der Waals surface area contributed by atoms with Gasteiger partial charge in [-0.05, 0) is 13.0 Å². The number of nitrogens with two attached hydrogens (primary N) is 1. The molecule has 0 saturated carbocycles. The fraction of sp³-hybridized carbons (Fsp3) is 0.750. The lowest BCUT2D eigenvalue weighted by molar-refractivity contribution is -0.138. The number of hydrogen-bond acceptors (Lipinski definition) is 3. The quantitative estimate of drug-likeness (QED) is 0.572. The van der Waals surface area contributed by atoms with Crippen LogP contribution in [0.4, 0.5) is 0 Å². The monoisotopic (exact) mass is 188 g/mol. The fourth-order valence-corrected chi connectivity index (χ4v) is 1.05. The summed E-state index contributed by atoms with van der Waals surface area (Å²) in [6.07, 6.45) is 1.08. The molecule has 0 spiro atoms. The largest absolute Gasteiger partial charge is 0.480 e. The number of carbonyl (C=O) groups excluding carboxylic acids is 1. The lowest BCUT2D eigenvalue weighted by atomic mass is 10.3. The minimum absolute atomic E-state index is 0.0267. The second-order valence-electron chi connectivity index (χ2n) is 2.89. The lowest BCUT2D eigenvalue weighted by Gasteiger charge is -2.17. The van der Waals surface area contributed by atoms with Crippen molar-refractivity contribution in [2.24, 2.45) is 5.73 Å². The Labute approximate surface area is 77.5 Å². The SMILES string of the molecule is CCCN(CCC(N)=O)CC(=O)O. The van der Waals surface area contributed by atoms with Gasteiger partial charge >= 0.3 is 5.97 Å². The minimum Gasteiger partial charge on any atom is -0.480 e. The van der Waals surface area contributed by atoms with Crippen LogP contribution in [-0.2, 0) is 9.59 Å². The molecule has 1 amide bonds. The third-order valence-electron chi connectivity index (χ3n) is 1.57. The standard InChI is InChI=1S/C8H16N2O3/c1-2-4-10(6-8(12)13)5-3-7(9)11/h2-6H2,1H3,(H2,9,11)(H,12,13). The lowest BCUT2D eigenvalue weighted by Crippen LogP contribution is -2.33. The zero-order chi connectivity index (χ0) is 10.3. The molecular weight excluding hydrogens is 172 g/mol. The molecule has 0 fully saturated rings. The maximum Gasteiger partial charge on any atom is 0.317 e. The molecule has 0 heterocycles. The van der Waals surface area contributed by atoms with Crippen molar-refractivity contribution < 1.29 is 14.7 Å². The summed E-state index contributed by atoms with van der Waals surface area (Å²) < 4.78 is 0. The first-order valence-corrected chi connectivity index (χ1v) is 4.28.